The van der Waals surface area contributed by atoms with Crippen LogP contribution in [0.5, 0.6) is 11.5 Å². The van der Waals surface area contributed by atoms with E-state index in [1.807, 2.05) is 12.1 Å². The standard InChI is InChI=1S/C22H23NO6/c1-27-18-10-5-7-15(20(18)28-2)11-12-19(24)29-14-6-13-23-21(25)16-8-3-4-9-17(16)22(23)26/h3-5,7-10H,6,11-14H2,1-2H3. The molecule has 0 unspecified atom stereocenters. The van der Waals surface area contributed by atoms with Gasteiger partial charge in [0.1, 0.15) is 0 Å². The van der Waals surface area contributed by atoms with Crippen LogP contribution >= 0.6 is 0 Å². The molecule has 2 aromatic rings. The van der Waals surface area contributed by atoms with Crippen LogP contribution in [0.15, 0.2) is 42.5 Å². The average molecular weight is 397 g/mol. The van der Waals surface area contributed by atoms with Crippen LogP contribution in [-0.2, 0) is 16.0 Å². The lowest BCUT2D eigenvalue weighted by molar-refractivity contribution is -0.143. The summed E-state index contributed by atoms with van der Waals surface area (Å²) < 4.78 is 15.8. The number of carbonyl (C=O) groups is 3. The molecule has 7 nitrogen and oxygen atoms in total. The van der Waals surface area contributed by atoms with Gasteiger partial charge in [0.2, 0.25) is 0 Å². The highest BCUT2D eigenvalue weighted by molar-refractivity contribution is 6.21. The minimum Gasteiger partial charge on any atom is -0.493 e. The maximum atomic E-state index is 12.3. The molecule has 152 valence electrons. The SMILES string of the molecule is COc1cccc(CCC(=O)OCCCN2C(=O)c3ccccc3C2=O)c1OC. The Labute approximate surface area is 169 Å². The molecule has 29 heavy (non-hydrogen) atoms. The Bertz CT molecular complexity index is 888. The minimum absolute atomic E-state index is 0.140. The van der Waals surface area contributed by atoms with Gasteiger partial charge in [0.25, 0.3) is 11.8 Å². The first-order valence-electron chi connectivity index (χ1n) is 9.37. The quantitative estimate of drug-likeness (QED) is 0.368. The third kappa shape index (κ3) is 4.39. The normalized spacial score (nSPS) is 12.7. The molecule has 7 heteroatoms. The van der Waals surface area contributed by atoms with Gasteiger partial charge in [-0.2, -0.15) is 0 Å². The number of hydrogen-bond acceptors (Lipinski definition) is 6. The summed E-state index contributed by atoms with van der Waals surface area (Å²) in [6.07, 6.45) is 1.04. The number of hydrogen-bond donors (Lipinski definition) is 0. The zero-order chi connectivity index (χ0) is 20.8. The van der Waals surface area contributed by atoms with E-state index in [4.69, 9.17) is 14.2 Å². The van der Waals surface area contributed by atoms with E-state index < -0.39 is 0 Å². The van der Waals surface area contributed by atoms with Crippen LogP contribution in [0.2, 0.25) is 0 Å². The number of methoxy groups -OCH3 is 2. The molecule has 1 heterocycles. The van der Waals surface area contributed by atoms with Gasteiger partial charge in [0, 0.05) is 13.0 Å². The van der Waals surface area contributed by atoms with Crippen molar-refractivity contribution in [3.05, 3.63) is 59.2 Å². The molecular formula is C22H23NO6. The number of fused-ring (bicyclic) bond motifs is 1. The fraction of sp³-hybridized carbons (Fsp3) is 0.318. The number of benzene rings is 2. The van der Waals surface area contributed by atoms with Gasteiger partial charge in [0.15, 0.2) is 11.5 Å². The zero-order valence-corrected chi connectivity index (χ0v) is 16.5. The Hall–Kier alpha value is -3.35. The number of ether oxygens (including phenoxy) is 3. The van der Waals surface area contributed by atoms with Gasteiger partial charge in [-0.1, -0.05) is 24.3 Å². The summed E-state index contributed by atoms with van der Waals surface area (Å²) in [7, 11) is 3.11. The van der Waals surface area contributed by atoms with E-state index in [1.54, 1.807) is 44.6 Å². The lowest BCUT2D eigenvalue weighted by Crippen LogP contribution is -2.31. The van der Waals surface area contributed by atoms with Crippen molar-refractivity contribution in [2.75, 3.05) is 27.4 Å². The van der Waals surface area contributed by atoms with Crippen LogP contribution < -0.4 is 9.47 Å². The molecule has 3 rings (SSSR count). The van der Waals surface area contributed by atoms with Gasteiger partial charge in [-0.05, 0) is 36.6 Å². The average Bonchev–Trinajstić information content (AvgIpc) is 2.99. The van der Waals surface area contributed by atoms with Gasteiger partial charge >= 0.3 is 5.97 Å². The summed E-state index contributed by atoms with van der Waals surface area (Å²) in [6, 6.07) is 12.2. The van der Waals surface area contributed by atoms with Gasteiger partial charge in [-0.3, -0.25) is 19.3 Å². The van der Waals surface area contributed by atoms with E-state index in [1.165, 1.54) is 4.90 Å². The monoisotopic (exact) mass is 397 g/mol. The minimum atomic E-state index is -0.350. The Balaban J connectivity index is 1.44. The van der Waals surface area contributed by atoms with Crippen LogP contribution in [0.25, 0.3) is 0 Å². The van der Waals surface area contributed by atoms with Crippen LogP contribution in [0.3, 0.4) is 0 Å². The molecule has 0 N–H and O–H groups in total. The number of amides is 2. The second-order valence-electron chi connectivity index (χ2n) is 6.53. The highest BCUT2D eigenvalue weighted by atomic mass is 16.5. The molecule has 2 aromatic carbocycles. The van der Waals surface area contributed by atoms with E-state index in [0.717, 1.165) is 5.56 Å². The van der Waals surface area contributed by atoms with Crippen molar-refractivity contribution in [1.29, 1.82) is 0 Å². The number of carbonyl (C=O) groups excluding carboxylic acids is 3. The van der Waals surface area contributed by atoms with Gasteiger partial charge < -0.3 is 14.2 Å². The maximum Gasteiger partial charge on any atom is 0.306 e. The zero-order valence-electron chi connectivity index (χ0n) is 16.5. The highest BCUT2D eigenvalue weighted by Crippen LogP contribution is 2.31. The molecule has 0 fully saturated rings. The topological polar surface area (TPSA) is 82.1 Å². The van der Waals surface area contributed by atoms with Crippen LogP contribution in [-0.4, -0.2) is 50.1 Å². The molecule has 0 aliphatic carbocycles. The molecule has 0 aromatic heterocycles. The van der Waals surface area contributed by atoms with E-state index in [2.05, 4.69) is 0 Å². The largest absolute Gasteiger partial charge is 0.493 e. The van der Waals surface area contributed by atoms with Crippen molar-refractivity contribution in [3.63, 3.8) is 0 Å². The number of aryl methyl sites for hydroxylation is 1. The molecule has 2 amide bonds. The Morgan fingerprint density at radius 1 is 0.931 bits per heavy atom. The molecule has 0 saturated heterocycles. The first-order chi connectivity index (χ1) is 14.1. The van der Waals surface area contributed by atoms with E-state index in [-0.39, 0.29) is 37.4 Å². The maximum absolute atomic E-state index is 12.3. The molecule has 0 atom stereocenters. The van der Waals surface area contributed by atoms with Gasteiger partial charge in [0.05, 0.1) is 32.0 Å². The van der Waals surface area contributed by atoms with Gasteiger partial charge in [-0.15, -0.1) is 0 Å². The summed E-state index contributed by atoms with van der Waals surface area (Å²) in [4.78, 5) is 37.8. The predicted octanol–water partition coefficient (Wildman–Crippen LogP) is 2.87. The third-order valence-corrected chi connectivity index (χ3v) is 4.75. The molecule has 0 saturated carbocycles. The van der Waals surface area contributed by atoms with Crippen molar-refractivity contribution in [1.82, 2.24) is 4.90 Å². The molecule has 1 aliphatic rings. The first kappa shape index (κ1) is 20.4. The van der Waals surface area contributed by atoms with Crippen LogP contribution in [0, 0.1) is 0 Å². The number of para-hydroxylation sites is 1. The van der Waals surface area contributed by atoms with Crippen molar-refractivity contribution < 1.29 is 28.6 Å². The summed E-state index contributed by atoms with van der Waals surface area (Å²) in [5.41, 5.74) is 1.69. The summed E-state index contributed by atoms with van der Waals surface area (Å²) in [5.74, 6) is 0.258. The molecule has 0 bridgehead atoms. The Kier molecular flexibility index (Phi) is 6.49. The molecule has 0 spiro atoms. The fourth-order valence-corrected chi connectivity index (χ4v) is 3.31. The lowest BCUT2D eigenvalue weighted by atomic mass is 10.1. The Morgan fingerprint density at radius 2 is 1.62 bits per heavy atom. The van der Waals surface area contributed by atoms with Crippen LogP contribution in [0.1, 0.15) is 39.1 Å². The predicted molar refractivity (Wildman–Crippen MR) is 105 cm³/mol. The van der Waals surface area contributed by atoms with Crippen molar-refractivity contribution in [2.45, 2.75) is 19.3 Å². The van der Waals surface area contributed by atoms with Crippen molar-refractivity contribution >= 4 is 17.8 Å². The van der Waals surface area contributed by atoms with E-state index >= 15 is 0 Å². The third-order valence-electron chi connectivity index (χ3n) is 4.75. The molecule has 1 aliphatic heterocycles. The molecule has 0 radical (unpaired) electrons. The fourth-order valence-electron chi connectivity index (χ4n) is 3.31. The number of esters is 1. The number of rotatable bonds is 9. The second-order valence-corrected chi connectivity index (χ2v) is 6.53. The van der Waals surface area contributed by atoms with Crippen molar-refractivity contribution in [3.8, 4) is 11.5 Å². The summed E-state index contributed by atoms with van der Waals surface area (Å²) >= 11 is 0. The van der Waals surface area contributed by atoms with Gasteiger partial charge in [-0.25, -0.2) is 0 Å². The van der Waals surface area contributed by atoms with E-state index in [0.29, 0.717) is 35.5 Å². The highest BCUT2D eigenvalue weighted by Gasteiger charge is 2.34. The summed E-state index contributed by atoms with van der Waals surface area (Å²) in [6.45, 7) is 0.352. The first-order valence-corrected chi connectivity index (χ1v) is 9.37. The Morgan fingerprint density at radius 3 is 2.24 bits per heavy atom. The number of nitrogens with zero attached hydrogens (tertiary/aromatic N) is 1. The number of imide groups is 1. The summed E-state index contributed by atoms with van der Waals surface area (Å²) in [5, 5.41) is 0. The second kappa shape index (κ2) is 9.23. The van der Waals surface area contributed by atoms with Crippen molar-refractivity contribution in [2.24, 2.45) is 0 Å². The molecular weight excluding hydrogens is 374 g/mol. The smallest absolute Gasteiger partial charge is 0.306 e. The van der Waals surface area contributed by atoms with Crippen LogP contribution in [0.4, 0.5) is 0 Å². The lowest BCUT2D eigenvalue weighted by Gasteiger charge is -2.14. The van der Waals surface area contributed by atoms with E-state index in [9.17, 15) is 14.4 Å².